The van der Waals surface area contributed by atoms with Gasteiger partial charge in [-0.05, 0) is 140 Å². The fraction of sp³-hybridized carbons (Fsp3) is 0. The summed E-state index contributed by atoms with van der Waals surface area (Å²) in [5, 5.41) is 4.82. The summed E-state index contributed by atoms with van der Waals surface area (Å²) in [6.45, 7) is 0. The lowest BCUT2D eigenvalue weighted by Crippen LogP contribution is -1.83. The molecule has 0 unspecified atom stereocenters. The van der Waals surface area contributed by atoms with Crippen molar-refractivity contribution in [3.8, 4) is 23.7 Å². The number of hydrogen-bond donors (Lipinski definition) is 0. The molecule has 0 aliphatic carbocycles. The van der Waals surface area contributed by atoms with Gasteiger partial charge in [-0.2, -0.15) is 0 Å². The zero-order chi connectivity index (χ0) is 21.9. The maximum Gasteiger partial charge on any atom is 0.0255 e. The van der Waals surface area contributed by atoms with Crippen molar-refractivity contribution in [2.45, 2.75) is 0 Å². The van der Waals surface area contributed by atoms with Gasteiger partial charge >= 0.3 is 0 Å². The largest absolute Gasteiger partial charge is 0.0617 e. The zero-order valence-corrected chi connectivity index (χ0v) is 21.3. The second-order valence-corrected chi connectivity index (χ2v) is 9.94. The summed E-state index contributed by atoms with van der Waals surface area (Å²) in [5.41, 5.74) is 4.08. The smallest absolute Gasteiger partial charge is 0.0255 e. The predicted molar refractivity (Wildman–Crippen MR) is 152 cm³/mol. The van der Waals surface area contributed by atoms with Gasteiger partial charge in [0.2, 0.25) is 0 Å². The van der Waals surface area contributed by atoms with E-state index in [1.165, 1.54) is 28.7 Å². The Morgan fingerprint density at radius 2 is 0.688 bits per heavy atom. The molecule has 0 heterocycles. The number of benzene rings is 5. The van der Waals surface area contributed by atoms with Crippen LogP contribution in [0.15, 0.2) is 97.1 Å². The normalized spacial score (nSPS) is 10.3. The van der Waals surface area contributed by atoms with Crippen LogP contribution in [0.4, 0.5) is 0 Å². The van der Waals surface area contributed by atoms with Crippen LogP contribution in [0.1, 0.15) is 22.3 Å². The molecule has 5 aromatic rings. The van der Waals surface area contributed by atoms with Crippen molar-refractivity contribution >= 4 is 66.7 Å². The molecule has 2 heteroatoms. The zero-order valence-electron chi connectivity index (χ0n) is 17.0. The molecule has 0 aromatic heterocycles. The van der Waals surface area contributed by atoms with Crippen LogP contribution in [0.2, 0.25) is 0 Å². The van der Waals surface area contributed by atoms with Gasteiger partial charge in [0.1, 0.15) is 0 Å². The number of fused-ring (bicyclic) bond motifs is 3. The van der Waals surface area contributed by atoms with E-state index < -0.39 is 0 Å². The highest BCUT2D eigenvalue weighted by Gasteiger charge is 2.03. The molecule has 0 nitrogen and oxygen atoms in total. The first kappa shape index (κ1) is 21.1. The lowest BCUT2D eigenvalue weighted by Gasteiger charge is -2.05. The van der Waals surface area contributed by atoms with Crippen molar-refractivity contribution in [2.24, 2.45) is 0 Å². The molecule has 0 spiro atoms. The van der Waals surface area contributed by atoms with Crippen molar-refractivity contribution in [1.82, 2.24) is 0 Å². The molecule has 5 aromatic carbocycles. The van der Waals surface area contributed by atoms with E-state index >= 15 is 0 Å². The molecule has 0 aliphatic rings. The minimum atomic E-state index is 1.01. The summed E-state index contributed by atoms with van der Waals surface area (Å²) in [7, 11) is 0. The summed E-state index contributed by atoms with van der Waals surface area (Å²) in [4.78, 5) is 0. The maximum atomic E-state index is 3.32. The molecule has 150 valence electrons. The van der Waals surface area contributed by atoms with Gasteiger partial charge in [0.25, 0.3) is 0 Å². The Morgan fingerprint density at radius 3 is 1.09 bits per heavy atom. The lowest BCUT2D eigenvalue weighted by atomic mass is 9.98. The van der Waals surface area contributed by atoms with Crippen LogP contribution in [0.3, 0.4) is 0 Å². The van der Waals surface area contributed by atoms with Gasteiger partial charge in [0.05, 0.1) is 0 Å². The maximum absolute atomic E-state index is 3.32. The Morgan fingerprint density at radius 1 is 0.375 bits per heavy atom. The molecule has 0 radical (unpaired) electrons. The third-order valence-corrected chi connectivity index (χ3v) is 6.67. The van der Waals surface area contributed by atoms with E-state index in [9.17, 15) is 0 Å². The van der Waals surface area contributed by atoms with Crippen molar-refractivity contribution < 1.29 is 0 Å². The highest BCUT2D eigenvalue weighted by atomic mass is 127. The van der Waals surface area contributed by atoms with Crippen molar-refractivity contribution in [3.05, 3.63) is 126 Å². The summed E-state index contributed by atoms with van der Waals surface area (Å²) in [5.74, 6) is 13.2. The standard InChI is InChI=1S/C30H16I2/c31-27-15-7-21(8-16-27)1-3-23-5-11-25-13-14-26-12-6-24(20-30(26)29(25)19-23)4-2-22-9-17-28(32)18-10-22/h5-20H. The van der Waals surface area contributed by atoms with Crippen LogP contribution in [0.25, 0.3) is 21.5 Å². The molecule has 0 saturated heterocycles. The molecular formula is C30H16I2. The van der Waals surface area contributed by atoms with E-state index in [1.54, 1.807) is 0 Å². The molecule has 0 atom stereocenters. The van der Waals surface area contributed by atoms with E-state index in [1.807, 2.05) is 0 Å². The molecule has 0 saturated carbocycles. The molecule has 0 N–H and O–H groups in total. The van der Waals surface area contributed by atoms with Crippen molar-refractivity contribution in [3.63, 3.8) is 0 Å². The Labute approximate surface area is 215 Å². The van der Waals surface area contributed by atoms with E-state index in [-0.39, 0.29) is 0 Å². The lowest BCUT2D eigenvalue weighted by molar-refractivity contribution is 1.60. The molecular weight excluding hydrogens is 614 g/mol. The van der Waals surface area contributed by atoms with E-state index in [0.717, 1.165) is 22.3 Å². The van der Waals surface area contributed by atoms with E-state index in [0.29, 0.717) is 0 Å². The third kappa shape index (κ3) is 4.83. The van der Waals surface area contributed by atoms with Crippen LogP contribution in [0.5, 0.6) is 0 Å². The van der Waals surface area contributed by atoms with Gasteiger partial charge < -0.3 is 0 Å². The quantitative estimate of drug-likeness (QED) is 0.0925. The number of halogens is 2. The average molecular weight is 630 g/mol. The highest BCUT2D eigenvalue weighted by molar-refractivity contribution is 14.1. The SMILES string of the molecule is Ic1ccc(C#Cc2ccc3ccc4ccc(C#Cc5ccc(I)cc5)cc4c3c2)cc1. The van der Waals surface area contributed by atoms with E-state index in [2.05, 4.69) is 166 Å². The van der Waals surface area contributed by atoms with Crippen LogP contribution < -0.4 is 0 Å². The number of rotatable bonds is 0. The first-order valence-electron chi connectivity index (χ1n) is 10.2. The Hall–Kier alpha value is -2.80. The third-order valence-electron chi connectivity index (χ3n) is 5.23. The van der Waals surface area contributed by atoms with Gasteiger partial charge in [0.15, 0.2) is 0 Å². The predicted octanol–water partition coefficient (Wildman–Crippen LogP) is 8.00. The Bertz CT molecular complexity index is 1450. The molecule has 32 heavy (non-hydrogen) atoms. The molecule has 0 bridgehead atoms. The molecule has 0 aliphatic heterocycles. The fourth-order valence-electron chi connectivity index (χ4n) is 3.56. The highest BCUT2D eigenvalue weighted by Crippen LogP contribution is 2.27. The summed E-state index contributed by atoms with van der Waals surface area (Å²) in [6, 6.07) is 33.8. The average Bonchev–Trinajstić information content (AvgIpc) is 2.83. The molecule has 0 fully saturated rings. The summed E-state index contributed by atoms with van der Waals surface area (Å²) >= 11 is 4.62. The second-order valence-electron chi connectivity index (χ2n) is 7.45. The summed E-state index contributed by atoms with van der Waals surface area (Å²) < 4.78 is 2.43. The van der Waals surface area contributed by atoms with E-state index in [4.69, 9.17) is 0 Å². The van der Waals surface area contributed by atoms with Crippen molar-refractivity contribution in [2.75, 3.05) is 0 Å². The van der Waals surface area contributed by atoms with Crippen LogP contribution >= 0.6 is 45.2 Å². The monoisotopic (exact) mass is 630 g/mol. The molecule has 0 amide bonds. The minimum Gasteiger partial charge on any atom is -0.0617 e. The summed E-state index contributed by atoms with van der Waals surface area (Å²) in [6.07, 6.45) is 0. The first-order chi connectivity index (χ1) is 15.6. The van der Waals surface area contributed by atoms with Crippen LogP contribution in [0, 0.1) is 30.8 Å². The van der Waals surface area contributed by atoms with Gasteiger partial charge in [-0.1, -0.05) is 47.9 Å². The van der Waals surface area contributed by atoms with Gasteiger partial charge in [0, 0.05) is 29.4 Å². The fourth-order valence-corrected chi connectivity index (χ4v) is 4.28. The minimum absolute atomic E-state index is 1.01. The van der Waals surface area contributed by atoms with Gasteiger partial charge in [-0.3, -0.25) is 0 Å². The van der Waals surface area contributed by atoms with Gasteiger partial charge in [-0.25, -0.2) is 0 Å². The van der Waals surface area contributed by atoms with Gasteiger partial charge in [-0.15, -0.1) is 0 Å². The second kappa shape index (κ2) is 9.36. The number of hydrogen-bond acceptors (Lipinski definition) is 0. The Kier molecular flexibility index (Phi) is 6.17. The van der Waals surface area contributed by atoms with Crippen molar-refractivity contribution in [1.29, 1.82) is 0 Å². The topological polar surface area (TPSA) is 0 Å². The first-order valence-corrected chi connectivity index (χ1v) is 12.3. The van der Waals surface area contributed by atoms with Crippen LogP contribution in [-0.4, -0.2) is 0 Å². The molecule has 5 rings (SSSR count). The van der Waals surface area contributed by atoms with Crippen LogP contribution in [-0.2, 0) is 0 Å². The Balaban J connectivity index is 1.55.